The van der Waals surface area contributed by atoms with Crippen molar-refractivity contribution in [2.75, 3.05) is 5.32 Å². The zero-order chi connectivity index (χ0) is 19.5. The predicted octanol–water partition coefficient (Wildman–Crippen LogP) is 7.04. The lowest BCUT2D eigenvalue weighted by Crippen LogP contribution is -2.11. The van der Waals surface area contributed by atoms with Crippen LogP contribution in [0.25, 0.3) is 21.8 Å². The summed E-state index contributed by atoms with van der Waals surface area (Å²) in [7, 11) is 0. The Bertz CT molecular complexity index is 1160. The summed E-state index contributed by atoms with van der Waals surface area (Å²) in [6.45, 7) is 0. The molecule has 0 radical (unpaired) electrons. The van der Waals surface area contributed by atoms with Gasteiger partial charge in [-0.05, 0) is 36.4 Å². The van der Waals surface area contributed by atoms with E-state index in [1.807, 2.05) is 53.9 Å². The Kier molecular flexibility index (Phi) is 5.44. The highest BCUT2D eigenvalue weighted by Crippen LogP contribution is 2.33. The summed E-state index contributed by atoms with van der Waals surface area (Å²) in [4.78, 5) is 17.1. The van der Waals surface area contributed by atoms with Gasteiger partial charge in [0.15, 0.2) is 0 Å². The third kappa shape index (κ3) is 4.09. The summed E-state index contributed by atoms with van der Waals surface area (Å²) in [6, 6.07) is 22.1. The highest BCUT2D eigenvalue weighted by atomic mass is 35.5. The number of nitrogens with zero attached hydrogens (tertiary/aromatic N) is 1. The molecule has 138 valence electrons. The van der Waals surface area contributed by atoms with E-state index in [-0.39, 0.29) is 5.91 Å². The Morgan fingerprint density at radius 1 is 0.929 bits per heavy atom. The molecule has 0 saturated heterocycles. The number of carbonyl (C=O) groups excluding carboxylic acids is 1. The number of amides is 1. The van der Waals surface area contributed by atoms with Crippen LogP contribution in [0.3, 0.4) is 0 Å². The van der Waals surface area contributed by atoms with E-state index in [4.69, 9.17) is 28.2 Å². The number of thiazole rings is 1. The van der Waals surface area contributed by atoms with Crippen molar-refractivity contribution >= 4 is 46.1 Å². The van der Waals surface area contributed by atoms with Gasteiger partial charge in [-0.3, -0.25) is 4.79 Å². The van der Waals surface area contributed by atoms with Crippen LogP contribution in [0, 0.1) is 0 Å². The number of hydrogen-bond acceptors (Lipinski definition) is 3. The van der Waals surface area contributed by atoms with Crippen LogP contribution in [-0.4, -0.2) is 10.9 Å². The Hall–Kier alpha value is -2.66. The molecule has 6 heteroatoms. The molecule has 0 spiro atoms. The number of benzene rings is 3. The monoisotopic (exact) mass is 424 g/mol. The zero-order valence-electron chi connectivity index (χ0n) is 14.5. The first kappa shape index (κ1) is 18.7. The van der Waals surface area contributed by atoms with Crippen molar-refractivity contribution in [3.63, 3.8) is 0 Å². The Balaban J connectivity index is 1.58. The third-order valence-electron chi connectivity index (χ3n) is 4.11. The van der Waals surface area contributed by atoms with Gasteiger partial charge in [-0.2, -0.15) is 0 Å². The first-order valence-corrected chi connectivity index (χ1v) is 10.1. The lowest BCUT2D eigenvalue weighted by atomic mass is 10.1. The number of aromatic nitrogens is 1. The summed E-state index contributed by atoms with van der Waals surface area (Å²) in [6.07, 6.45) is 0. The number of carbonyl (C=O) groups is 1. The third-order valence-corrected chi connectivity index (χ3v) is 5.55. The lowest BCUT2D eigenvalue weighted by molar-refractivity contribution is 0.102. The minimum atomic E-state index is -0.213. The standard InChI is InChI=1S/C22H14Cl2N2OS/c23-16-7-3-6-15(11-16)21(27)25-17-8-4-5-14(12-17)20-13-28-22(26-20)18-9-1-2-10-19(18)24/h1-13H,(H,25,27). The largest absolute Gasteiger partial charge is 0.322 e. The topological polar surface area (TPSA) is 42.0 Å². The SMILES string of the molecule is O=C(Nc1cccc(-c2csc(-c3ccccc3Cl)n2)c1)c1cccc(Cl)c1. The molecular weight excluding hydrogens is 411 g/mol. The fraction of sp³-hybridized carbons (Fsp3) is 0. The van der Waals surface area contributed by atoms with E-state index in [0.29, 0.717) is 21.3 Å². The van der Waals surface area contributed by atoms with E-state index >= 15 is 0 Å². The summed E-state index contributed by atoms with van der Waals surface area (Å²) >= 11 is 13.8. The van der Waals surface area contributed by atoms with Crippen molar-refractivity contribution in [1.82, 2.24) is 4.98 Å². The van der Waals surface area contributed by atoms with Crippen LogP contribution in [-0.2, 0) is 0 Å². The lowest BCUT2D eigenvalue weighted by Gasteiger charge is -2.07. The van der Waals surface area contributed by atoms with Gasteiger partial charge in [0, 0.05) is 32.8 Å². The maximum absolute atomic E-state index is 12.4. The minimum absolute atomic E-state index is 0.213. The molecule has 0 atom stereocenters. The summed E-state index contributed by atoms with van der Waals surface area (Å²) in [5.74, 6) is -0.213. The number of anilines is 1. The van der Waals surface area contributed by atoms with Crippen LogP contribution in [0.2, 0.25) is 10.0 Å². The van der Waals surface area contributed by atoms with Gasteiger partial charge in [-0.1, -0.05) is 59.6 Å². The van der Waals surface area contributed by atoms with Gasteiger partial charge in [0.2, 0.25) is 0 Å². The number of hydrogen-bond donors (Lipinski definition) is 1. The molecule has 1 heterocycles. The van der Waals surface area contributed by atoms with Crippen LogP contribution >= 0.6 is 34.5 Å². The van der Waals surface area contributed by atoms with Gasteiger partial charge in [0.25, 0.3) is 5.91 Å². The van der Waals surface area contributed by atoms with E-state index < -0.39 is 0 Å². The molecular formula is C22H14Cl2N2OS. The van der Waals surface area contributed by atoms with Crippen molar-refractivity contribution in [2.24, 2.45) is 0 Å². The maximum atomic E-state index is 12.4. The summed E-state index contributed by atoms with van der Waals surface area (Å²) in [5, 5.41) is 6.93. The van der Waals surface area contributed by atoms with Gasteiger partial charge in [0.1, 0.15) is 5.01 Å². The second-order valence-corrected chi connectivity index (χ2v) is 7.76. The number of halogens is 2. The molecule has 0 unspecified atom stereocenters. The van der Waals surface area contributed by atoms with Gasteiger partial charge in [0.05, 0.1) is 10.7 Å². The van der Waals surface area contributed by atoms with Crippen LogP contribution in [0.15, 0.2) is 78.2 Å². The molecule has 0 aliphatic heterocycles. The molecule has 0 aliphatic carbocycles. The Morgan fingerprint density at radius 2 is 1.75 bits per heavy atom. The molecule has 4 aromatic rings. The van der Waals surface area contributed by atoms with Crippen LogP contribution in [0.5, 0.6) is 0 Å². The Morgan fingerprint density at radius 3 is 2.57 bits per heavy atom. The smallest absolute Gasteiger partial charge is 0.255 e. The maximum Gasteiger partial charge on any atom is 0.255 e. The minimum Gasteiger partial charge on any atom is -0.322 e. The molecule has 0 bridgehead atoms. The van der Waals surface area contributed by atoms with Crippen molar-refractivity contribution in [2.45, 2.75) is 0 Å². The molecule has 1 aromatic heterocycles. The summed E-state index contributed by atoms with van der Waals surface area (Å²) in [5.41, 5.74) is 3.85. The molecule has 0 aliphatic rings. The highest BCUT2D eigenvalue weighted by Gasteiger charge is 2.11. The van der Waals surface area contributed by atoms with E-state index in [9.17, 15) is 4.79 Å². The fourth-order valence-electron chi connectivity index (χ4n) is 2.75. The van der Waals surface area contributed by atoms with E-state index in [2.05, 4.69) is 5.32 Å². The molecule has 3 nitrogen and oxygen atoms in total. The van der Waals surface area contributed by atoms with Crippen molar-refractivity contribution in [3.8, 4) is 21.8 Å². The fourth-order valence-corrected chi connectivity index (χ4v) is 4.09. The quantitative estimate of drug-likeness (QED) is 0.381. The molecule has 1 N–H and O–H groups in total. The highest BCUT2D eigenvalue weighted by molar-refractivity contribution is 7.13. The molecule has 0 saturated carbocycles. The molecule has 1 amide bonds. The first-order valence-electron chi connectivity index (χ1n) is 8.48. The average molecular weight is 425 g/mol. The van der Waals surface area contributed by atoms with Crippen molar-refractivity contribution in [3.05, 3.63) is 93.8 Å². The molecule has 4 rings (SSSR count). The van der Waals surface area contributed by atoms with Gasteiger partial charge < -0.3 is 5.32 Å². The van der Waals surface area contributed by atoms with Crippen molar-refractivity contribution in [1.29, 1.82) is 0 Å². The molecule has 0 fully saturated rings. The zero-order valence-corrected chi connectivity index (χ0v) is 16.9. The second kappa shape index (κ2) is 8.15. The van der Waals surface area contributed by atoms with Crippen LogP contribution in [0.1, 0.15) is 10.4 Å². The van der Waals surface area contributed by atoms with Gasteiger partial charge >= 0.3 is 0 Å². The predicted molar refractivity (Wildman–Crippen MR) is 117 cm³/mol. The molecule has 3 aromatic carbocycles. The summed E-state index contributed by atoms with van der Waals surface area (Å²) < 4.78 is 0. The normalized spacial score (nSPS) is 10.6. The average Bonchev–Trinajstić information content (AvgIpc) is 3.18. The molecule has 28 heavy (non-hydrogen) atoms. The van der Waals surface area contributed by atoms with E-state index in [1.54, 1.807) is 24.3 Å². The second-order valence-electron chi connectivity index (χ2n) is 6.06. The van der Waals surface area contributed by atoms with Crippen LogP contribution in [0.4, 0.5) is 5.69 Å². The Labute approximate surface area is 176 Å². The van der Waals surface area contributed by atoms with Gasteiger partial charge in [-0.25, -0.2) is 4.98 Å². The number of nitrogens with one attached hydrogen (secondary N) is 1. The first-order chi connectivity index (χ1) is 13.6. The van der Waals surface area contributed by atoms with Gasteiger partial charge in [-0.15, -0.1) is 11.3 Å². The van der Waals surface area contributed by atoms with Crippen molar-refractivity contribution < 1.29 is 4.79 Å². The van der Waals surface area contributed by atoms with Crippen LogP contribution < -0.4 is 5.32 Å². The number of rotatable bonds is 4. The van der Waals surface area contributed by atoms with E-state index in [1.165, 1.54) is 11.3 Å². The van der Waals surface area contributed by atoms with E-state index in [0.717, 1.165) is 21.8 Å².